The van der Waals surface area contributed by atoms with Gasteiger partial charge in [-0.15, -0.1) is 0 Å². The highest BCUT2D eigenvalue weighted by molar-refractivity contribution is 6.99. The summed E-state index contributed by atoms with van der Waals surface area (Å²) >= 11 is 0. The lowest BCUT2D eigenvalue weighted by molar-refractivity contribution is -0.171. The third-order valence-corrected chi connectivity index (χ3v) is 12.9. The molecule has 0 saturated heterocycles. The van der Waals surface area contributed by atoms with Crippen molar-refractivity contribution in [3.63, 3.8) is 0 Å². The first kappa shape index (κ1) is 24.4. The van der Waals surface area contributed by atoms with Crippen molar-refractivity contribution in [2.24, 2.45) is 0 Å². The standard InChI is InChI=1S/C29H40O3Si/c1-23-21-28(5,29(30)19-13-8-14-20-29)32-26(23)22-31-33(27(2,3)4,24-15-9-6-10-16-24)25-17-11-7-12-18-25/h6-7,9-12,15-18,21,26,30H,8,13-14,19-20,22H2,1-5H3/t26-,28-/m1/s1. The number of ether oxygens (including phenoxy) is 1. The van der Waals surface area contributed by atoms with Gasteiger partial charge in [-0.25, -0.2) is 0 Å². The molecule has 0 bridgehead atoms. The molecule has 0 radical (unpaired) electrons. The van der Waals surface area contributed by atoms with Crippen LogP contribution < -0.4 is 10.4 Å². The van der Waals surface area contributed by atoms with E-state index in [0.717, 1.165) is 31.3 Å². The highest BCUT2D eigenvalue weighted by atomic mass is 28.4. The zero-order valence-electron chi connectivity index (χ0n) is 20.9. The summed E-state index contributed by atoms with van der Waals surface area (Å²) in [6.45, 7) is 11.6. The number of benzene rings is 2. The predicted octanol–water partition coefficient (Wildman–Crippen LogP) is 5.36. The normalized spacial score (nSPS) is 25.6. The molecule has 0 spiro atoms. The Morgan fingerprint density at radius 2 is 1.45 bits per heavy atom. The van der Waals surface area contributed by atoms with E-state index in [-0.39, 0.29) is 11.1 Å². The van der Waals surface area contributed by atoms with Gasteiger partial charge >= 0.3 is 0 Å². The van der Waals surface area contributed by atoms with Gasteiger partial charge in [-0.1, -0.05) is 101 Å². The maximum absolute atomic E-state index is 11.5. The summed E-state index contributed by atoms with van der Waals surface area (Å²) in [7, 11) is -2.62. The van der Waals surface area contributed by atoms with Crippen LogP contribution in [0.3, 0.4) is 0 Å². The molecule has 1 fully saturated rings. The van der Waals surface area contributed by atoms with E-state index in [0.29, 0.717) is 6.61 Å². The van der Waals surface area contributed by atoms with Gasteiger partial charge in [-0.3, -0.25) is 0 Å². The summed E-state index contributed by atoms with van der Waals surface area (Å²) in [6.07, 6.45) is 6.93. The SMILES string of the molecule is CC1=C[C@](C)(C2(O)CCCCC2)O[C@@H]1CO[Si](c1ccccc1)(c1ccccc1)C(C)(C)C. The summed E-state index contributed by atoms with van der Waals surface area (Å²) in [5.74, 6) is 0. The molecule has 0 aromatic heterocycles. The minimum absolute atomic E-state index is 0.0726. The van der Waals surface area contributed by atoms with Gasteiger partial charge < -0.3 is 14.3 Å². The Kier molecular flexibility index (Phi) is 6.76. The number of hydrogen-bond acceptors (Lipinski definition) is 3. The molecule has 178 valence electrons. The lowest BCUT2D eigenvalue weighted by Gasteiger charge is -2.45. The second-order valence-corrected chi connectivity index (χ2v) is 15.5. The molecule has 33 heavy (non-hydrogen) atoms. The minimum atomic E-state index is -2.62. The second-order valence-electron chi connectivity index (χ2n) is 11.2. The Hall–Kier alpha value is -1.72. The van der Waals surface area contributed by atoms with Crippen LogP contribution in [0.1, 0.15) is 66.7 Å². The average molecular weight is 465 g/mol. The van der Waals surface area contributed by atoms with E-state index >= 15 is 0 Å². The minimum Gasteiger partial charge on any atom is -0.404 e. The third kappa shape index (κ3) is 4.39. The largest absolute Gasteiger partial charge is 0.404 e. The van der Waals surface area contributed by atoms with Gasteiger partial charge in [0.2, 0.25) is 0 Å². The van der Waals surface area contributed by atoms with Gasteiger partial charge in [-0.05, 0) is 53.7 Å². The van der Waals surface area contributed by atoms with Gasteiger partial charge in [-0.2, -0.15) is 0 Å². The van der Waals surface area contributed by atoms with Gasteiger partial charge in [0.1, 0.15) is 11.7 Å². The fourth-order valence-electron chi connectivity index (χ4n) is 5.95. The van der Waals surface area contributed by atoms with Gasteiger partial charge in [0.25, 0.3) is 8.32 Å². The summed E-state index contributed by atoms with van der Waals surface area (Å²) in [6, 6.07) is 21.5. The molecule has 4 rings (SSSR count). The fraction of sp³-hybridized carbons (Fsp3) is 0.517. The molecule has 3 nitrogen and oxygen atoms in total. The van der Waals surface area contributed by atoms with Crippen LogP contribution in [-0.4, -0.2) is 37.3 Å². The van der Waals surface area contributed by atoms with E-state index in [1.807, 2.05) is 0 Å². The zero-order valence-corrected chi connectivity index (χ0v) is 21.9. The maximum Gasteiger partial charge on any atom is 0.261 e. The van der Waals surface area contributed by atoms with Crippen molar-refractivity contribution in [2.75, 3.05) is 6.61 Å². The highest BCUT2D eigenvalue weighted by Gasteiger charge is 2.53. The lowest BCUT2D eigenvalue weighted by Crippen LogP contribution is -2.67. The molecule has 1 saturated carbocycles. The number of hydrogen-bond donors (Lipinski definition) is 1. The van der Waals surface area contributed by atoms with Crippen molar-refractivity contribution in [1.29, 1.82) is 0 Å². The van der Waals surface area contributed by atoms with Crippen LogP contribution in [0.2, 0.25) is 5.04 Å². The van der Waals surface area contributed by atoms with E-state index in [4.69, 9.17) is 9.16 Å². The fourth-order valence-corrected chi connectivity index (χ4v) is 10.5. The Balaban J connectivity index is 1.66. The maximum atomic E-state index is 11.5. The van der Waals surface area contributed by atoms with Crippen molar-refractivity contribution < 1.29 is 14.3 Å². The summed E-state index contributed by atoms with van der Waals surface area (Å²) in [5.41, 5.74) is -0.287. The van der Waals surface area contributed by atoms with Crippen LogP contribution >= 0.6 is 0 Å². The molecule has 2 aliphatic rings. The van der Waals surface area contributed by atoms with Crippen molar-refractivity contribution in [2.45, 2.75) is 89.1 Å². The first-order chi connectivity index (χ1) is 15.6. The molecular weight excluding hydrogens is 424 g/mol. The highest BCUT2D eigenvalue weighted by Crippen LogP contribution is 2.45. The van der Waals surface area contributed by atoms with Gasteiger partial charge in [0, 0.05) is 0 Å². The molecule has 1 heterocycles. The number of rotatable bonds is 6. The van der Waals surface area contributed by atoms with Crippen LogP contribution in [0.25, 0.3) is 0 Å². The Morgan fingerprint density at radius 1 is 0.939 bits per heavy atom. The predicted molar refractivity (Wildman–Crippen MR) is 139 cm³/mol. The Morgan fingerprint density at radius 3 is 1.94 bits per heavy atom. The molecule has 1 aliphatic heterocycles. The van der Waals surface area contributed by atoms with Crippen molar-refractivity contribution >= 4 is 18.7 Å². The van der Waals surface area contributed by atoms with Crippen LogP contribution in [0.4, 0.5) is 0 Å². The Bertz CT molecular complexity index is 918. The van der Waals surface area contributed by atoms with E-state index in [2.05, 4.69) is 101 Å². The van der Waals surface area contributed by atoms with E-state index in [1.54, 1.807) is 0 Å². The van der Waals surface area contributed by atoms with Crippen LogP contribution in [0.15, 0.2) is 72.3 Å². The third-order valence-electron chi connectivity index (χ3n) is 7.87. The van der Waals surface area contributed by atoms with Crippen LogP contribution in [-0.2, 0) is 9.16 Å². The molecule has 2 atom stereocenters. The van der Waals surface area contributed by atoms with E-state index in [1.165, 1.54) is 16.8 Å². The molecule has 0 amide bonds. The Labute approximate surface area is 201 Å². The van der Waals surface area contributed by atoms with E-state index in [9.17, 15) is 5.11 Å². The van der Waals surface area contributed by atoms with Crippen molar-refractivity contribution in [3.8, 4) is 0 Å². The smallest absolute Gasteiger partial charge is 0.261 e. The molecular formula is C29H40O3Si. The lowest BCUT2D eigenvalue weighted by atomic mass is 9.73. The summed E-state index contributed by atoms with van der Waals surface area (Å²) in [5, 5.41) is 14.0. The van der Waals surface area contributed by atoms with Crippen LogP contribution in [0, 0.1) is 0 Å². The molecule has 0 unspecified atom stereocenters. The molecule has 1 aliphatic carbocycles. The van der Waals surface area contributed by atoms with Gasteiger partial charge in [0.05, 0.1) is 12.2 Å². The van der Waals surface area contributed by atoms with Crippen molar-refractivity contribution in [1.82, 2.24) is 0 Å². The van der Waals surface area contributed by atoms with Crippen LogP contribution in [0.5, 0.6) is 0 Å². The van der Waals surface area contributed by atoms with E-state index < -0.39 is 19.5 Å². The summed E-state index contributed by atoms with van der Waals surface area (Å²) < 4.78 is 13.8. The molecule has 2 aromatic carbocycles. The summed E-state index contributed by atoms with van der Waals surface area (Å²) in [4.78, 5) is 0. The topological polar surface area (TPSA) is 38.7 Å². The first-order valence-electron chi connectivity index (χ1n) is 12.5. The second kappa shape index (κ2) is 9.14. The average Bonchev–Trinajstić information content (AvgIpc) is 3.10. The molecule has 2 aromatic rings. The van der Waals surface area contributed by atoms with Crippen molar-refractivity contribution in [3.05, 3.63) is 72.3 Å². The first-order valence-corrected chi connectivity index (χ1v) is 14.4. The number of aliphatic hydroxyl groups is 1. The van der Waals surface area contributed by atoms with Gasteiger partial charge in [0.15, 0.2) is 0 Å². The monoisotopic (exact) mass is 464 g/mol. The molecule has 1 N–H and O–H groups in total. The zero-order chi connectivity index (χ0) is 23.7. The molecule has 4 heteroatoms. The quantitative estimate of drug-likeness (QED) is 0.462.